The first-order chi connectivity index (χ1) is 8.65. The van der Waals surface area contributed by atoms with E-state index in [1.165, 1.54) is 0 Å². The monoisotopic (exact) mass is 369 g/mol. The van der Waals surface area contributed by atoms with E-state index >= 15 is 0 Å². The van der Waals surface area contributed by atoms with Crippen molar-refractivity contribution in [3.8, 4) is 0 Å². The van der Waals surface area contributed by atoms with Gasteiger partial charge in [0.25, 0.3) is 0 Å². The second-order valence-electron chi connectivity index (χ2n) is 4.15. The third kappa shape index (κ3) is 2.03. The van der Waals surface area contributed by atoms with Crippen molar-refractivity contribution in [1.82, 2.24) is 9.97 Å². The molecule has 6 heteroatoms. The molecule has 2 heterocycles. The van der Waals surface area contributed by atoms with E-state index < -0.39 is 0 Å². The summed E-state index contributed by atoms with van der Waals surface area (Å²) in [5, 5.41) is 0.947. The zero-order valence-corrected chi connectivity index (χ0v) is 12.5. The van der Waals surface area contributed by atoms with Crippen LogP contribution >= 0.6 is 31.9 Å². The number of hydrogen-bond donors (Lipinski definition) is 0. The van der Waals surface area contributed by atoms with E-state index in [4.69, 9.17) is 0 Å². The number of fused-ring (bicyclic) bond motifs is 1. The summed E-state index contributed by atoms with van der Waals surface area (Å²) in [5.41, 5.74) is 0.834. The summed E-state index contributed by atoms with van der Waals surface area (Å²) in [6.45, 7) is 0.623. The minimum Gasteiger partial charge on any atom is -0.280 e. The van der Waals surface area contributed by atoms with Crippen LogP contribution in [0.15, 0.2) is 28.9 Å². The van der Waals surface area contributed by atoms with Crippen molar-refractivity contribution in [2.75, 3.05) is 11.4 Å². The van der Waals surface area contributed by atoms with E-state index in [1.54, 1.807) is 11.1 Å². The van der Waals surface area contributed by atoms with Crippen molar-refractivity contribution < 1.29 is 4.79 Å². The lowest BCUT2D eigenvalue weighted by Gasteiger charge is -2.13. The van der Waals surface area contributed by atoms with Gasteiger partial charge in [-0.2, -0.15) is 0 Å². The highest BCUT2D eigenvalue weighted by atomic mass is 79.9. The maximum atomic E-state index is 11.8. The number of nitrogens with zero attached hydrogens (tertiary/aromatic N) is 3. The van der Waals surface area contributed by atoms with Crippen LogP contribution in [0.5, 0.6) is 0 Å². The third-order valence-corrected chi connectivity index (χ3v) is 4.18. The maximum Gasteiger partial charge on any atom is 0.232 e. The molecule has 1 saturated heterocycles. The first-order valence-corrected chi connectivity index (χ1v) is 7.22. The van der Waals surface area contributed by atoms with Crippen molar-refractivity contribution in [3.05, 3.63) is 28.9 Å². The van der Waals surface area contributed by atoms with Crippen LogP contribution in [0.4, 0.5) is 5.95 Å². The average Bonchev–Trinajstić information content (AvgIpc) is 2.68. The van der Waals surface area contributed by atoms with Gasteiger partial charge in [-0.25, -0.2) is 9.97 Å². The number of alkyl halides is 1. The largest absolute Gasteiger partial charge is 0.280 e. The fourth-order valence-electron chi connectivity index (χ4n) is 2.00. The number of carbonyl (C=O) groups excluding carboxylic acids is 1. The van der Waals surface area contributed by atoms with Crippen LogP contribution in [0.3, 0.4) is 0 Å². The molecule has 92 valence electrons. The van der Waals surface area contributed by atoms with Gasteiger partial charge in [-0.1, -0.05) is 37.9 Å². The van der Waals surface area contributed by atoms with Gasteiger partial charge in [0.05, 0.1) is 5.52 Å². The van der Waals surface area contributed by atoms with E-state index in [0.717, 1.165) is 15.4 Å². The molecule has 1 aliphatic heterocycles. The molecule has 1 aromatic carbocycles. The lowest BCUT2D eigenvalue weighted by Crippen LogP contribution is -2.26. The van der Waals surface area contributed by atoms with Gasteiger partial charge < -0.3 is 0 Å². The van der Waals surface area contributed by atoms with Crippen LogP contribution in [0.25, 0.3) is 10.9 Å². The highest BCUT2D eigenvalue weighted by Crippen LogP contribution is 2.26. The normalized spacial score (nSPS) is 19.8. The van der Waals surface area contributed by atoms with E-state index in [9.17, 15) is 4.79 Å². The van der Waals surface area contributed by atoms with Crippen LogP contribution in [0.1, 0.15) is 6.42 Å². The van der Waals surface area contributed by atoms with Gasteiger partial charge >= 0.3 is 0 Å². The lowest BCUT2D eigenvalue weighted by atomic mass is 10.2. The Morgan fingerprint density at radius 2 is 2.22 bits per heavy atom. The van der Waals surface area contributed by atoms with E-state index in [0.29, 0.717) is 18.9 Å². The quantitative estimate of drug-likeness (QED) is 0.725. The Morgan fingerprint density at radius 1 is 1.39 bits per heavy atom. The van der Waals surface area contributed by atoms with Crippen molar-refractivity contribution in [2.24, 2.45) is 0 Å². The fourth-order valence-corrected chi connectivity index (χ4v) is 3.02. The van der Waals surface area contributed by atoms with E-state index in [1.807, 2.05) is 18.2 Å². The van der Waals surface area contributed by atoms with Crippen LogP contribution in [0, 0.1) is 0 Å². The average molecular weight is 371 g/mol. The Bertz CT molecular complexity index is 632. The Hall–Kier alpha value is -1.01. The van der Waals surface area contributed by atoms with Crippen LogP contribution in [0.2, 0.25) is 0 Å². The molecule has 1 aliphatic rings. The number of benzene rings is 1. The fraction of sp³-hybridized carbons (Fsp3) is 0.250. The molecular formula is C12H9Br2N3O. The van der Waals surface area contributed by atoms with Gasteiger partial charge in [-0.15, -0.1) is 0 Å². The van der Waals surface area contributed by atoms with Crippen LogP contribution < -0.4 is 4.90 Å². The number of carbonyl (C=O) groups is 1. The zero-order valence-electron chi connectivity index (χ0n) is 9.31. The molecule has 18 heavy (non-hydrogen) atoms. The molecule has 3 rings (SSSR count). The molecule has 0 spiro atoms. The number of rotatable bonds is 1. The van der Waals surface area contributed by atoms with Gasteiger partial charge in [0, 0.05) is 33.8 Å². The molecule has 1 aromatic heterocycles. The SMILES string of the molecule is O=C1CC(Br)CN1c1ncc2c(Br)cccc2n1. The van der Waals surface area contributed by atoms with Crippen molar-refractivity contribution in [3.63, 3.8) is 0 Å². The Balaban J connectivity index is 2.06. The lowest BCUT2D eigenvalue weighted by molar-refractivity contribution is -0.117. The molecule has 0 bridgehead atoms. The molecular weight excluding hydrogens is 362 g/mol. The van der Waals surface area contributed by atoms with Crippen LogP contribution in [-0.2, 0) is 4.79 Å². The highest BCUT2D eigenvalue weighted by molar-refractivity contribution is 9.10. The van der Waals surface area contributed by atoms with Gasteiger partial charge in [-0.3, -0.25) is 9.69 Å². The summed E-state index contributed by atoms with van der Waals surface area (Å²) in [4.78, 5) is 22.3. The standard InChI is InChI=1S/C12H9Br2N3O/c13-7-4-11(18)17(6-7)12-15-5-8-9(14)2-1-3-10(8)16-12/h1-3,5,7H,4,6H2. The molecule has 0 N–H and O–H groups in total. The smallest absolute Gasteiger partial charge is 0.232 e. The number of amides is 1. The summed E-state index contributed by atoms with van der Waals surface area (Å²) < 4.78 is 0.956. The van der Waals surface area contributed by atoms with E-state index in [-0.39, 0.29) is 10.7 Å². The number of hydrogen-bond acceptors (Lipinski definition) is 3. The molecule has 1 amide bonds. The number of aromatic nitrogens is 2. The Kier molecular flexibility index (Phi) is 3.07. The molecule has 0 radical (unpaired) electrons. The minimum absolute atomic E-state index is 0.0613. The summed E-state index contributed by atoms with van der Waals surface area (Å²) in [6.07, 6.45) is 2.25. The van der Waals surface area contributed by atoms with Crippen LogP contribution in [-0.4, -0.2) is 27.2 Å². The predicted octanol–water partition coefficient (Wildman–Crippen LogP) is 2.89. The van der Waals surface area contributed by atoms with Gasteiger partial charge in [0.1, 0.15) is 0 Å². The summed E-state index contributed by atoms with van der Waals surface area (Å²) in [5.74, 6) is 0.541. The highest BCUT2D eigenvalue weighted by Gasteiger charge is 2.30. The van der Waals surface area contributed by atoms with Crippen molar-refractivity contribution in [2.45, 2.75) is 11.2 Å². The predicted molar refractivity (Wildman–Crippen MR) is 76.9 cm³/mol. The topological polar surface area (TPSA) is 46.1 Å². The molecule has 4 nitrogen and oxygen atoms in total. The first kappa shape index (κ1) is 12.0. The van der Waals surface area contributed by atoms with Crippen molar-refractivity contribution in [1.29, 1.82) is 0 Å². The molecule has 0 aliphatic carbocycles. The summed E-state index contributed by atoms with van der Waals surface area (Å²) in [6, 6.07) is 5.78. The maximum absolute atomic E-state index is 11.8. The molecule has 1 fully saturated rings. The third-order valence-electron chi connectivity index (χ3n) is 2.88. The minimum atomic E-state index is 0.0613. The van der Waals surface area contributed by atoms with Gasteiger partial charge in [0.15, 0.2) is 0 Å². The first-order valence-electron chi connectivity index (χ1n) is 5.51. The van der Waals surface area contributed by atoms with E-state index in [2.05, 4.69) is 41.8 Å². The number of halogens is 2. The molecule has 1 unspecified atom stereocenters. The van der Waals surface area contributed by atoms with Gasteiger partial charge in [0.2, 0.25) is 11.9 Å². The molecule has 2 aromatic rings. The molecule has 1 atom stereocenters. The molecule has 0 saturated carbocycles. The summed E-state index contributed by atoms with van der Waals surface area (Å²) >= 11 is 6.91. The summed E-state index contributed by atoms with van der Waals surface area (Å²) in [7, 11) is 0. The Labute approximate surface area is 121 Å². The van der Waals surface area contributed by atoms with Crippen molar-refractivity contribution >= 4 is 54.6 Å². The Morgan fingerprint density at radius 3 is 2.94 bits per heavy atom. The zero-order chi connectivity index (χ0) is 12.7. The second-order valence-corrected chi connectivity index (χ2v) is 6.30. The number of anilines is 1. The second kappa shape index (κ2) is 4.59. The van der Waals surface area contributed by atoms with Gasteiger partial charge in [-0.05, 0) is 12.1 Å².